The molecule has 4 nitrogen and oxygen atoms in total. The molecule has 0 saturated carbocycles. The van der Waals surface area contributed by atoms with Gasteiger partial charge in [-0.05, 0) is 35.0 Å². The second-order valence-electron chi connectivity index (χ2n) is 3.19. The van der Waals surface area contributed by atoms with Crippen molar-refractivity contribution in [3.63, 3.8) is 0 Å². The Labute approximate surface area is 107 Å². The lowest BCUT2D eigenvalue weighted by atomic mass is 10.2. The lowest BCUT2D eigenvalue weighted by molar-refractivity contribution is 0.0334. The monoisotopic (exact) mass is 305 g/mol. The Hall–Kier alpha value is -1.14. The number of rotatable bonds is 5. The quantitative estimate of drug-likeness (QED) is 0.515. The number of nitrogen functional groups attached to an aromatic ring is 1. The Balaban J connectivity index is 2.66. The van der Waals surface area contributed by atoms with Gasteiger partial charge < -0.3 is 15.2 Å². The van der Waals surface area contributed by atoms with Gasteiger partial charge in [-0.15, -0.1) is 0 Å². The Bertz CT molecular complexity index is 412. The number of carbonyl (C=O) groups is 1. The highest BCUT2D eigenvalue weighted by atomic mass is 79.9. The third-order valence-electron chi connectivity index (χ3n) is 1.97. The highest BCUT2D eigenvalue weighted by molar-refractivity contribution is 9.10. The largest absolute Gasteiger partial charge is 0.460 e. The van der Waals surface area contributed by atoms with E-state index in [1.165, 1.54) is 6.07 Å². The maximum absolute atomic E-state index is 13.0. The molecule has 0 spiro atoms. The molecule has 94 valence electrons. The average Bonchev–Trinajstić information content (AvgIpc) is 2.29. The zero-order chi connectivity index (χ0) is 12.8. The van der Waals surface area contributed by atoms with Gasteiger partial charge in [0.1, 0.15) is 12.4 Å². The lowest BCUT2D eigenvalue weighted by Crippen LogP contribution is -2.12. The first-order valence-corrected chi connectivity index (χ1v) is 5.85. The van der Waals surface area contributed by atoms with Crippen molar-refractivity contribution in [2.75, 3.05) is 25.6 Å². The van der Waals surface area contributed by atoms with E-state index in [4.69, 9.17) is 15.2 Å². The molecule has 2 N–H and O–H groups in total. The maximum atomic E-state index is 13.0. The van der Waals surface area contributed by atoms with E-state index >= 15 is 0 Å². The molecule has 0 aliphatic heterocycles. The smallest absolute Gasteiger partial charge is 0.339 e. The third-order valence-corrected chi connectivity index (χ3v) is 2.63. The Morgan fingerprint density at radius 1 is 1.47 bits per heavy atom. The topological polar surface area (TPSA) is 61.5 Å². The predicted molar refractivity (Wildman–Crippen MR) is 65.3 cm³/mol. The molecule has 0 amide bonds. The molecule has 0 fully saturated rings. The molecule has 0 radical (unpaired) electrons. The van der Waals surface area contributed by atoms with Gasteiger partial charge in [-0.1, -0.05) is 0 Å². The van der Waals surface area contributed by atoms with E-state index in [1.54, 1.807) is 0 Å². The molecule has 1 aromatic carbocycles. The molecule has 0 aliphatic carbocycles. The molecule has 17 heavy (non-hydrogen) atoms. The van der Waals surface area contributed by atoms with E-state index in [0.717, 1.165) is 6.07 Å². The standard InChI is InChI=1S/C11H13BrFNO3/c1-2-16-3-4-17-11(15)7-5-10(14)9(13)6-8(7)12/h5-6H,2-4,14H2,1H3. The number of benzene rings is 1. The van der Waals surface area contributed by atoms with Crippen molar-refractivity contribution in [2.45, 2.75) is 6.92 Å². The highest BCUT2D eigenvalue weighted by Gasteiger charge is 2.14. The van der Waals surface area contributed by atoms with E-state index < -0.39 is 11.8 Å². The minimum absolute atomic E-state index is 0.0926. The van der Waals surface area contributed by atoms with Crippen LogP contribution in [0.4, 0.5) is 10.1 Å². The number of esters is 1. The molecule has 0 aromatic heterocycles. The van der Waals surface area contributed by atoms with Crippen LogP contribution in [-0.4, -0.2) is 25.8 Å². The second-order valence-corrected chi connectivity index (χ2v) is 4.04. The summed E-state index contributed by atoms with van der Waals surface area (Å²) in [7, 11) is 0. The number of anilines is 1. The summed E-state index contributed by atoms with van der Waals surface area (Å²) in [6.07, 6.45) is 0. The van der Waals surface area contributed by atoms with Crippen LogP contribution in [0.3, 0.4) is 0 Å². The predicted octanol–water partition coefficient (Wildman–Crippen LogP) is 2.36. The van der Waals surface area contributed by atoms with Crippen LogP contribution in [0.1, 0.15) is 17.3 Å². The van der Waals surface area contributed by atoms with Crippen LogP contribution < -0.4 is 5.73 Å². The van der Waals surface area contributed by atoms with Crippen LogP contribution in [0, 0.1) is 5.82 Å². The molecule has 6 heteroatoms. The van der Waals surface area contributed by atoms with Gasteiger partial charge in [0.2, 0.25) is 0 Å². The van der Waals surface area contributed by atoms with Crippen molar-refractivity contribution >= 4 is 27.6 Å². The van der Waals surface area contributed by atoms with Crippen LogP contribution in [0.15, 0.2) is 16.6 Å². The second kappa shape index (κ2) is 6.56. The Morgan fingerprint density at radius 3 is 2.82 bits per heavy atom. The first kappa shape index (κ1) is 13.9. The van der Waals surface area contributed by atoms with Crippen molar-refractivity contribution in [2.24, 2.45) is 0 Å². The fourth-order valence-electron chi connectivity index (χ4n) is 1.14. The SMILES string of the molecule is CCOCCOC(=O)c1cc(N)c(F)cc1Br. The van der Waals surface area contributed by atoms with Gasteiger partial charge in [-0.3, -0.25) is 0 Å². The summed E-state index contributed by atoms with van der Waals surface area (Å²) in [5.41, 5.74) is 5.48. The summed E-state index contributed by atoms with van der Waals surface area (Å²) in [5.74, 6) is -1.15. The van der Waals surface area contributed by atoms with E-state index in [1.807, 2.05) is 6.92 Å². The van der Waals surface area contributed by atoms with Gasteiger partial charge in [0, 0.05) is 11.1 Å². The molecule has 0 unspecified atom stereocenters. The summed E-state index contributed by atoms with van der Waals surface area (Å²) in [5, 5.41) is 0. The van der Waals surface area contributed by atoms with Gasteiger partial charge in [0.05, 0.1) is 17.9 Å². The third kappa shape index (κ3) is 3.98. The van der Waals surface area contributed by atoms with E-state index in [2.05, 4.69) is 15.9 Å². The summed E-state index contributed by atoms with van der Waals surface area (Å²) < 4.78 is 23.3. The first-order chi connectivity index (χ1) is 8.06. The van der Waals surface area contributed by atoms with Gasteiger partial charge >= 0.3 is 5.97 Å². The Kier molecular flexibility index (Phi) is 5.37. The number of carbonyl (C=O) groups excluding carboxylic acids is 1. The fourth-order valence-corrected chi connectivity index (χ4v) is 1.61. The first-order valence-electron chi connectivity index (χ1n) is 5.05. The molecule has 0 atom stereocenters. The van der Waals surface area contributed by atoms with E-state index in [-0.39, 0.29) is 17.9 Å². The van der Waals surface area contributed by atoms with Crippen LogP contribution >= 0.6 is 15.9 Å². The lowest BCUT2D eigenvalue weighted by Gasteiger charge is -2.07. The van der Waals surface area contributed by atoms with Crippen molar-refractivity contribution in [1.29, 1.82) is 0 Å². The van der Waals surface area contributed by atoms with Crippen molar-refractivity contribution in [3.8, 4) is 0 Å². The number of ether oxygens (including phenoxy) is 2. The van der Waals surface area contributed by atoms with Crippen LogP contribution in [-0.2, 0) is 9.47 Å². The van der Waals surface area contributed by atoms with Crippen LogP contribution in [0.2, 0.25) is 0 Å². The van der Waals surface area contributed by atoms with Crippen LogP contribution in [0.5, 0.6) is 0 Å². The fraction of sp³-hybridized carbons (Fsp3) is 0.364. The number of hydrogen-bond acceptors (Lipinski definition) is 4. The minimum Gasteiger partial charge on any atom is -0.460 e. The van der Waals surface area contributed by atoms with E-state index in [0.29, 0.717) is 17.7 Å². The summed E-state index contributed by atoms with van der Waals surface area (Å²) in [6.45, 7) is 2.89. The zero-order valence-electron chi connectivity index (χ0n) is 9.33. The summed E-state index contributed by atoms with van der Waals surface area (Å²) in [4.78, 5) is 11.6. The molecular formula is C11H13BrFNO3. The molecule has 1 aromatic rings. The van der Waals surface area contributed by atoms with Crippen LogP contribution in [0.25, 0.3) is 0 Å². The Morgan fingerprint density at radius 2 is 2.18 bits per heavy atom. The number of halogens is 2. The molecule has 1 rings (SSSR count). The average molecular weight is 306 g/mol. The molecular weight excluding hydrogens is 293 g/mol. The van der Waals surface area contributed by atoms with Gasteiger partial charge in [0.25, 0.3) is 0 Å². The van der Waals surface area contributed by atoms with E-state index in [9.17, 15) is 9.18 Å². The molecule has 0 aliphatic rings. The summed E-state index contributed by atoms with van der Waals surface area (Å²) >= 11 is 3.08. The van der Waals surface area contributed by atoms with Gasteiger partial charge in [0.15, 0.2) is 0 Å². The molecule has 0 heterocycles. The number of nitrogens with two attached hydrogens (primary N) is 1. The maximum Gasteiger partial charge on any atom is 0.339 e. The van der Waals surface area contributed by atoms with Crippen molar-refractivity contribution in [3.05, 3.63) is 28.0 Å². The zero-order valence-corrected chi connectivity index (χ0v) is 10.9. The highest BCUT2D eigenvalue weighted by Crippen LogP contribution is 2.23. The minimum atomic E-state index is -0.581. The summed E-state index contributed by atoms with van der Waals surface area (Å²) in [6, 6.07) is 2.37. The number of hydrogen-bond donors (Lipinski definition) is 1. The van der Waals surface area contributed by atoms with Crippen molar-refractivity contribution in [1.82, 2.24) is 0 Å². The van der Waals surface area contributed by atoms with Gasteiger partial charge in [-0.2, -0.15) is 0 Å². The van der Waals surface area contributed by atoms with Crippen molar-refractivity contribution < 1.29 is 18.7 Å². The normalized spacial score (nSPS) is 10.3. The molecule has 0 bridgehead atoms. The molecule has 0 saturated heterocycles. The van der Waals surface area contributed by atoms with Gasteiger partial charge in [-0.25, -0.2) is 9.18 Å².